The Hall–Kier alpha value is -3.27. The minimum absolute atomic E-state index is 0.122. The van der Waals surface area contributed by atoms with E-state index in [0.717, 1.165) is 28.8 Å². The van der Waals surface area contributed by atoms with E-state index in [9.17, 15) is 15.0 Å². The summed E-state index contributed by atoms with van der Waals surface area (Å²) in [5, 5.41) is 23.6. The van der Waals surface area contributed by atoms with Crippen molar-refractivity contribution in [1.82, 2.24) is 9.80 Å². The van der Waals surface area contributed by atoms with Gasteiger partial charge in [0.05, 0.1) is 11.5 Å². The second-order valence-corrected chi connectivity index (χ2v) is 10.7. The number of aromatic hydroxyl groups is 1. The van der Waals surface area contributed by atoms with Crippen molar-refractivity contribution in [3.05, 3.63) is 71.3 Å². The quantitative estimate of drug-likeness (QED) is 0.518. The molecular formula is C30H32N2O4. The third-order valence-electron chi connectivity index (χ3n) is 9.04. The van der Waals surface area contributed by atoms with Crippen molar-refractivity contribution < 1.29 is 19.7 Å². The number of aryl methyl sites for hydroxylation is 1. The maximum atomic E-state index is 13.4. The molecule has 2 bridgehead atoms. The summed E-state index contributed by atoms with van der Waals surface area (Å²) in [5.41, 5.74) is 2.01. The van der Waals surface area contributed by atoms with Gasteiger partial charge in [0, 0.05) is 36.7 Å². The lowest BCUT2D eigenvalue weighted by molar-refractivity contribution is -0.215. The first-order valence-corrected chi connectivity index (χ1v) is 12.8. The van der Waals surface area contributed by atoms with E-state index in [1.54, 1.807) is 18.0 Å². The fraction of sp³-hybridized carbons (Fsp3) is 0.433. The lowest BCUT2D eigenvalue weighted by Crippen LogP contribution is -2.81. The number of hydrogen-bond acceptors (Lipinski definition) is 5. The monoisotopic (exact) mass is 484 g/mol. The van der Waals surface area contributed by atoms with Gasteiger partial charge in [-0.15, -0.1) is 6.58 Å². The van der Waals surface area contributed by atoms with Gasteiger partial charge in [-0.1, -0.05) is 30.2 Å². The van der Waals surface area contributed by atoms with Crippen molar-refractivity contribution in [2.45, 2.75) is 61.8 Å². The standard InChI is InChI=1S/C30H32N2O4/c1-4-15-32-16-14-29-25-12-11-23(31(3)26(34)13-8-20-7-5-6-19(2)17-20)30(29,35)24(32)18-21-9-10-22(33)28(36-25)27(21)29/h4-7,9-10,17,23-25,33,35H,1,11-12,14-16,18H2,2-3H3/t23-,24-,25+,29-,30-/m1/s1. The number of nitrogens with zero attached hydrogens (tertiary/aromatic N) is 2. The fourth-order valence-electron chi connectivity index (χ4n) is 7.59. The van der Waals surface area contributed by atoms with Gasteiger partial charge >= 0.3 is 0 Å². The molecule has 6 heteroatoms. The van der Waals surface area contributed by atoms with Gasteiger partial charge in [0.2, 0.25) is 0 Å². The van der Waals surface area contributed by atoms with Crippen LogP contribution < -0.4 is 4.74 Å². The van der Waals surface area contributed by atoms with Crippen molar-refractivity contribution in [3.63, 3.8) is 0 Å². The van der Waals surface area contributed by atoms with Crippen LogP contribution in [-0.2, 0) is 16.6 Å². The number of rotatable bonds is 3. The Bertz CT molecular complexity index is 1330. The average Bonchev–Trinajstić information content (AvgIpc) is 3.20. The lowest BCUT2D eigenvalue weighted by Gasteiger charge is -2.66. The van der Waals surface area contributed by atoms with Gasteiger partial charge in [0.1, 0.15) is 11.7 Å². The molecule has 2 aromatic rings. The number of likely N-dealkylation sites (tertiary alicyclic amines) is 1. The molecule has 6 rings (SSSR count). The highest BCUT2D eigenvalue weighted by atomic mass is 16.5. The number of phenolic OH excluding ortho intramolecular Hbond substituents is 1. The molecule has 2 heterocycles. The van der Waals surface area contributed by atoms with E-state index in [2.05, 4.69) is 23.3 Å². The first-order valence-electron chi connectivity index (χ1n) is 12.8. The maximum Gasteiger partial charge on any atom is 0.298 e. The molecule has 0 aromatic heterocycles. The Morgan fingerprint density at radius 2 is 2.17 bits per heavy atom. The van der Waals surface area contributed by atoms with E-state index in [4.69, 9.17) is 4.74 Å². The smallest absolute Gasteiger partial charge is 0.298 e. The molecule has 36 heavy (non-hydrogen) atoms. The molecule has 1 amide bonds. The van der Waals surface area contributed by atoms with Crippen LogP contribution in [0.4, 0.5) is 0 Å². The molecule has 2 fully saturated rings. The highest BCUT2D eigenvalue weighted by Crippen LogP contribution is 2.65. The van der Waals surface area contributed by atoms with Gasteiger partial charge in [0.15, 0.2) is 11.5 Å². The number of likely N-dealkylation sites (N-methyl/N-ethyl adjacent to an activating group) is 1. The molecule has 2 aliphatic carbocycles. The van der Waals surface area contributed by atoms with E-state index < -0.39 is 17.1 Å². The predicted octanol–water partition coefficient (Wildman–Crippen LogP) is 2.92. The molecule has 2 aliphatic heterocycles. The van der Waals surface area contributed by atoms with Crippen LogP contribution >= 0.6 is 0 Å². The van der Waals surface area contributed by atoms with E-state index in [1.165, 1.54) is 0 Å². The maximum absolute atomic E-state index is 13.4. The first-order chi connectivity index (χ1) is 17.3. The number of ether oxygens (including phenoxy) is 1. The molecule has 1 saturated carbocycles. The summed E-state index contributed by atoms with van der Waals surface area (Å²) < 4.78 is 6.39. The summed E-state index contributed by atoms with van der Waals surface area (Å²) >= 11 is 0. The zero-order valence-electron chi connectivity index (χ0n) is 20.8. The molecule has 0 radical (unpaired) electrons. The van der Waals surface area contributed by atoms with E-state index in [0.29, 0.717) is 38.0 Å². The van der Waals surface area contributed by atoms with Gasteiger partial charge in [-0.2, -0.15) is 0 Å². The molecule has 0 unspecified atom stereocenters. The zero-order valence-corrected chi connectivity index (χ0v) is 20.8. The minimum Gasteiger partial charge on any atom is -0.504 e. The molecule has 6 nitrogen and oxygen atoms in total. The largest absolute Gasteiger partial charge is 0.504 e. The Morgan fingerprint density at radius 1 is 1.33 bits per heavy atom. The van der Waals surface area contributed by atoms with Gasteiger partial charge in [0.25, 0.3) is 5.91 Å². The summed E-state index contributed by atoms with van der Waals surface area (Å²) in [7, 11) is 1.76. The normalized spacial score (nSPS) is 31.5. The lowest BCUT2D eigenvalue weighted by atomic mass is 9.47. The molecule has 1 spiro atoms. The minimum atomic E-state index is -1.25. The fourth-order valence-corrected chi connectivity index (χ4v) is 7.59. The Labute approximate surface area is 212 Å². The van der Waals surface area contributed by atoms with Crippen LogP contribution in [0, 0.1) is 18.8 Å². The van der Waals surface area contributed by atoms with Crippen LogP contribution in [0.25, 0.3) is 0 Å². The summed E-state index contributed by atoms with van der Waals surface area (Å²) in [5.74, 6) is 6.15. The number of carbonyl (C=O) groups is 1. The number of hydrogen-bond donors (Lipinski definition) is 2. The number of benzene rings is 2. The van der Waals surface area contributed by atoms with Crippen molar-refractivity contribution >= 4 is 5.91 Å². The van der Waals surface area contributed by atoms with Crippen LogP contribution in [0.1, 0.15) is 41.5 Å². The Morgan fingerprint density at radius 3 is 2.94 bits per heavy atom. The second kappa shape index (κ2) is 8.12. The highest BCUT2D eigenvalue weighted by Gasteiger charge is 2.74. The van der Waals surface area contributed by atoms with Crippen LogP contribution in [0.3, 0.4) is 0 Å². The predicted molar refractivity (Wildman–Crippen MR) is 137 cm³/mol. The first kappa shape index (κ1) is 23.1. The number of aliphatic hydroxyl groups is 1. The molecule has 2 aromatic carbocycles. The van der Waals surface area contributed by atoms with Gasteiger partial charge in [-0.25, -0.2) is 0 Å². The van der Waals surface area contributed by atoms with Crippen molar-refractivity contribution in [3.8, 4) is 23.3 Å². The molecule has 1 saturated heterocycles. The molecule has 4 aliphatic rings. The zero-order chi connectivity index (χ0) is 25.2. The van der Waals surface area contributed by atoms with Crippen LogP contribution in [0.15, 0.2) is 49.1 Å². The van der Waals surface area contributed by atoms with Crippen molar-refractivity contribution in [2.24, 2.45) is 0 Å². The molecular weight excluding hydrogens is 452 g/mol. The van der Waals surface area contributed by atoms with E-state index >= 15 is 0 Å². The molecule has 2 N–H and O–H groups in total. The number of carbonyl (C=O) groups excluding carboxylic acids is 1. The summed E-state index contributed by atoms with van der Waals surface area (Å²) in [6.07, 6.45) is 4.24. The molecule has 186 valence electrons. The molecule has 5 atom stereocenters. The van der Waals surface area contributed by atoms with Gasteiger partial charge in [-0.3, -0.25) is 9.69 Å². The number of phenols is 1. The Kier molecular flexibility index (Phi) is 5.22. The summed E-state index contributed by atoms with van der Waals surface area (Å²) in [6, 6.07) is 10.8. The average molecular weight is 485 g/mol. The number of amides is 1. The Balaban J connectivity index is 1.44. The van der Waals surface area contributed by atoms with Crippen molar-refractivity contribution in [1.29, 1.82) is 0 Å². The summed E-state index contributed by atoms with van der Waals surface area (Å²) in [4.78, 5) is 17.3. The van der Waals surface area contributed by atoms with Crippen LogP contribution in [0.2, 0.25) is 0 Å². The topological polar surface area (TPSA) is 73.2 Å². The van der Waals surface area contributed by atoms with E-state index in [1.807, 2.05) is 43.3 Å². The number of piperidine rings is 1. The van der Waals surface area contributed by atoms with Crippen LogP contribution in [0.5, 0.6) is 11.5 Å². The van der Waals surface area contributed by atoms with E-state index in [-0.39, 0.29) is 23.8 Å². The highest BCUT2D eigenvalue weighted by molar-refractivity contribution is 5.94. The van der Waals surface area contributed by atoms with Crippen molar-refractivity contribution in [2.75, 3.05) is 20.1 Å². The summed E-state index contributed by atoms with van der Waals surface area (Å²) in [6.45, 7) is 7.40. The second-order valence-electron chi connectivity index (χ2n) is 10.7. The third kappa shape index (κ3) is 2.96. The van der Waals surface area contributed by atoms with Crippen LogP contribution in [-0.4, -0.2) is 69.8 Å². The van der Waals surface area contributed by atoms with Gasteiger partial charge < -0.3 is 19.8 Å². The SMILES string of the molecule is C=CCN1CC[C@]23c4c5ccc(O)c4O[C@H]2CC[C@@H](N(C)C(=O)C#Cc2cccc(C)c2)[C@@]3(O)[C@H]1C5. The van der Waals surface area contributed by atoms with Gasteiger partial charge in [-0.05, 0) is 68.5 Å². The third-order valence-corrected chi connectivity index (χ3v) is 9.04.